The molecule has 2 N–H and O–H groups in total. The van der Waals surface area contributed by atoms with Crippen molar-refractivity contribution in [2.24, 2.45) is 0 Å². The van der Waals surface area contributed by atoms with Crippen molar-refractivity contribution in [3.8, 4) is 0 Å². The number of carbonyl (C=O) groups is 3. The van der Waals surface area contributed by atoms with Crippen LogP contribution in [-0.2, 0) is 20.8 Å². The SMILES string of the molecule is CC(C)(C)NC(=O)CNC(=O)Cc1ccc(N2CCCC2=O)cc1. The minimum atomic E-state index is -0.315. The minimum absolute atomic E-state index is 0.0313. The summed E-state index contributed by atoms with van der Waals surface area (Å²) < 4.78 is 0. The average molecular weight is 331 g/mol. The van der Waals surface area contributed by atoms with Crippen LogP contribution in [0.4, 0.5) is 5.69 Å². The Kier molecular flexibility index (Phi) is 5.59. The molecule has 130 valence electrons. The average Bonchev–Trinajstić information content (AvgIpc) is 2.90. The molecule has 0 aromatic heterocycles. The Balaban J connectivity index is 1.82. The van der Waals surface area contributed by atoms with E-state index in [0.717, 1.165) is 24.2 Å². The van der Waals surface area contributed by atoms with E-state index in [1.165, 1.54) is 0 Å². The van der Waals surface area contributed by atoms with Crippen molar-refractivity contribution in [3.63, 3.8) is 0 Å². The van der Waals surface area contributed by atoms with Gasteiger partial charge in [-0.05, 0) is 44.9 Å². The molecule has 0 atom stereocenters. The lowest BCUT2D eigenvalue weighted by Crippen LogP contribution is -2.46. The van der Waals surface area contributed by atoms with E-state index < -0.39 is 0 Å². The smallest absolute Gasteiger partial charge is 0.239 e. The first-order valence-corrected chi connectivity index (χ1v) is 8.21. The first-order valence-electron chi connectivity index (χ1n) is 8.21. The van der Waals surface area contributed by atoms with Crippen LogP contribution in [0, 0.1) is 0 Å². The van der Waals surface area contributed by atoms with E-state index in [1.807, 2.05) is 45.0 Å². The summed E-state index contributed by atoms with van der Waals surface area (Å²) in [6.07, 6.45) is 1.69. The summed E-state index contributed by atoms with van der Waals surface area (Å²) in [4.78, 5) is 37.1. The van der Waals surface area contributed by atoms with Gasteiger partial charge in [0.15, 0.2) is 0 Å². The normalized spacial score (nSPS) is 14.6. The Morgan fingerprint density at radius 2 is 1.79 bits per heavy atom. The van der Waals surface area contributed by atoms with Crippen LogP contribution >= 0.6 is 0 Å². The van der Waals surface area contributed by atoms with Gasteiger partial charge >= 0.3 is 0 Å². The van der Waals surface area contributed by atoms with Gasteiger partial charge in [0.05, 0.1) is 13.0 Å². The number of benzene rings is 1. The lowest BCUT2D eigenvalue weighted by molar-refractivity contribution is -0.126. The molecule has 1 fully saturated rings. The maximum atomic E-state index is 11.9. The van der Waals surface area contributed by atoms with Crippen molar-refractivity contribution in [3.05, 3.63) is 29.8 Å². The van der Waals surface area contributed by atoms with Crippen LogP contribution in [-0.4, -0.2) is 36.3 Å². The molecule has 1 aromatic rings. The van der Waals surface area contributed by atoms with Gasteiger partial charge in [-0.15, -0.1) is 0 Å². The maximum absolute atomic E-state index is 11.9. The Morgan fingerprint density at radius 3 is 2.33 bits per heavy atom. The number of rotatable bonds is 5. The zero-order valence-corrected chi connectivity index (χ0v) is 14.5. The number of amides is 3. The van der Waals surface area contributed by atoms with Gasteiger partial charge in [-0.3, -0.25) is 14.4 Å². The minimum Gasteiger partial charge on any atom is -0.350 e. The number of carbonyl (C=O) groups excluding carboxylic acids is 3. The monoisotopic (exact) mass is 331 g/mol. The van der Waals surface area contributed by atoms with Crippen LogP contribution in [0.2, 0.25) is 0 Å². The summed E-state index contributed by atoms with van der Waals surface area (Å²) in [5.41, 5.74) is 1.40. The first-order chi connectivity index (χ1) is 11.2. The summed E-state index contributed by atoms with van der Waals surface area (Å²) in [5.74, 6) is -0.270. The van der Waals surface area contributed by atoms with Gasteiger partial charge in [0.1, 0.15) is 0 Å². The Bertz CT molecular complexity index is 617. The molecule has 0 unspecified atom stereocenters. The Morgan fingerprint density at radius 1 is 1.12 bits per heavy atom. The van der Waals surface area contributed by atoms with Crippen LogP contribution < -0.4 is 15.5 Å². The third-order valence-electron chi connectivity index (χ3n) is 3.65. The lowest BCUT2D eigenvalue weighted by atomic mass is 10.1. The highest BCUT2D eigenvalue weighted by Crippen LogP contribution is 2.21. The van der Waals surface area contributed by atoms with Crippen LogP contribution in [0.5, 0.6) is 0 Å². The zero-order chi connectivity index (χ0) is 17.7. The molecule has 1 saturated heterocycles. The van der Waals surface area contributed by atoms with Gasteiger partial charge in [0.25, 0.3) is 0 Å². The van der Waals surface area contributed by atoms with Gasteiger partial charge in [0, 0.05) is 24.2 Å². The third-order valence-corrected chi connectivity index (χ3v) is 3.65. The molecule has 0 radical (unpaired) electrons. The second-order valence-corrected chi connectivity index (χ2v) is 7.07. The topological polar surface area (TPSA) is 78.5 Å². The van der Waals surface area contributed by atoms with Crippen LogP contribution in [0.1, 0.15) is 39.2 Å². The van der Waals surface area contributed by atoms with Gasteiger partial charge in [-0.25, -0.2) is 0 Å². The summed E-state index contributed by atoms with van der Waals surface area (Å²) in [7, 11) is 0. The van der Waals surface area contributed by atoms with Gasteiger partial charge in [0.2, 0.25) is 17.7 Å². The van der Waals surface area contributed by atoms with Crippen molar-refractivity contribution in [1.29, 1.82) is 0 Å². The predicted molar refractivity (Wildman–Crippen MR) is 92.6 cm³/mol. The molecule has 6 heteroatoms. The second-order valence-electron chi connectivity index (χ2n) is 7.07. The first kappa shape index (κ1) is 18.0. The molecule has 1 aliphatic rings. The van der Waals surface area contributed by atoms with Gasteiger partial charge in [-0.1, -0.05) is 12.1 Å². The van der Waals surface area contributed by atoms with E-state index in [2.05, 4.69) is 10.6 Å². The Hall–Kier alpha value is -2.37. The lowest BCUT2D eigenvalue weighted by Gasteiger charge is -2.20. The molecule has 6 nitrogen and oxygen atoms in total. The van der Waals surface area contributed by atoms with Gasteiger partial charge in [-0.2, -0.15) is 0 Å². The van der Waals surface area contributed by atoms with E-state index >= 15 is 0 Å². The Labute approximate surface area is 142 Å². The van der Waals surface area contributed by atoms with Crippen LogP contribution in [0.15, 0.2) is 24.3 Å². The second kappa shape index (κ2) is 7.47. The molecule has 0 spiro atoms. The molecule has 3 amide bonds. The highest BCUT2D eigenvalue weighted by molar-refractivity contribution is 5.95. The summed E-state index contributed by atoms with van der Waals surface area (Å²) >= 11 is 0. The summed E-state index contributed by atoms with van der Waals surface area (Å²) in [6.45, 7) is 6.39. The summed E-state index contributed by atoms with van der Waals surface area (Å²) in [6, 6.07) is 7.40. The van der Waals surface area contributed by atoms with E-state index in [1.54, 1.807) is 4.90 Å². The van der Waals surface area contributed by atoms with Crippen molar-refractivity contribution >= 4 is 23.4 Å². The third kappa shape index (κ3) is 5.37. The number of anilines is 1. The number of hydrogen-bond donors (Lipinski definition) is 2. The molecule has 0 saturated carbocycles. The van der Waals surface area contributed by atoms with Crippen molar-refractivity contribution in [2.75, 3.05) is 18.0 Å². The number of nitrogens with zero attached hydrogens (tertiary/aromatic N) is 1. The van der Waals surface area contributed by atoms with E-state index in [4.69, 9.17) is 0 Å². The predicted octanol–water partition coefficient (Wildman–Crippen LogP) is 1.39. The van der Waals surface area contributed by atoms with Crippen molar-refractivity contribution < 1.29 is 14.4 Å². The molecule has 1 heterocycles. The summed E-state index contributed by atoms with van der Waals surface area (Å²) in [5, 5.41) is 5.40. The fourth-order valence-electron chi connectivity index (χ4n) is 2.60. The highest BCUT2D eigenvalue weighted by Gasteiger charge is 2.21. The molecule has 0 aliphatic carbocycles. The molecule has 1 aromatic carbocycles. The van der Waals surface area contributed by atoms with E-state index in [-0.39, 0.29) is 36.2 Å². The highest BCUT2D eigenvalue weighted by atomic mass is 16.2. The van der Waals surface area contributed by atoms with Crippen LogP contribution in [0.25, 0.3) is 0 Å². The molecule has 1 aliphatic heterocycles. The fraction of sp³-hybridized carbons (Fsp3) is 0.500. The van der Waals surface area contributed by atoms with E-state index in [0.29, 0.717) is 6.42 Å². The fourth-order valence-corrected chi connectivity index (χ4v) is 2.60. The molecular formula is C18H25N3O3. The molecular weight excluding hydrogens is 306 g/mol. The van der Waals surface area contributed by atoms with Crippen LogP contribution in [0.3, 0.4) is 0 Å². The molecule has 24 heavy (non-hydrogen) atoms. The molecule has 0 bridgehead atoms. The van der Waals surface area contributed by atoms with Crippen molar-refractivity contribution in [2.45, 2.75) is 45.6 Å². The largest absolute Gasteiger partial charge is 0.350 e. The number of hydrogen-bond acceptors (Lipinski definition) is 3. The standard InChI is InChI=1S/C18H25N3O3/c1-18(2,3)20-16(23)12-19-15(22)11-13-6-8-14(9-7-13)21-10-4-5-17(21)24/h6-9H,4-5,10-12H2,1-3H3,(H,19,22)(H,20,23). The van der Waals surface area contributed by atoms with Gasteiger partial charge < -0.3 is 15.5 Å². The quantitative estimate of drug-likeness (QED) is 0.856. The number of nitrogens with one attached hydrogen (secondary N) is 2. The molecule has 2 rings (SSSR count). The van der Waals surface area contributed by atoms with Crippen molar-refractivity contribution in [1.82, 2.24) is 10.6 Å². The van der Waals surface area contributed by atoms with E-state index in [9.17, 15) is 14.4 Å². The maximum Gasteiger partial charge on any atom is 0.239 e. The zero-order valence-electron chi connectivity index (χ0n) is 14.5.